The van der Waals surface area contributed by atoms with Gasteiger partial charge in [0.2, 0.25) is 6.71 Å². The number of benzene rings is 5. The summed E-state index contributed by atoms with van der Waals surface area (Å²) in [5.41, 5.74) is 13.1. The Labute approximate surface area is 301 Å². The van der Waals surface area contributed by atoms with Gasteiger partial charge in [-0.15, -0.1) is 47.5 Å². The molecular formula is C43H31BIrN2O2-2. The molecule has 0 spiro atoms. The summed E-state index contributed by atoms with van der Waals surface area (Å²) >= 11 is 0. The van der Waals surface area contributed by atoms with E-state index in [1.807, 2.05) is 60.9 Å². The third-order valence-electron chi connectivity index (χ3n) is 8.87. The Balaban J connectivity index is 0.000000160. The van der Waals surface area contributed by atoms with E-state index in [9.17, 15) is 0 Å². The van der Waals surface area contributed by atoms with Crippen molar-refractivity contribution in [3.8, 4) is 56.6 Å². The van der Waals surface area contributed by atoms with Crippen LogP contribution in [-0.2, 0) is 20.1 Å². The Morgan fingerprint density at radius 2 is 1.33 bits per heavy atom. The number of pyridine rings is 2. The molecule has 4 heterocycles. The number of hydrogen-bond donors (Lipinski definition) is 0. The number of aromatic nitrogens is 2. The van der Waals surface area contributed by atoms with Gasteiger partial charge in [0.15, 0.2) is 0 Å². The zero-order valence-corrected chi connectivity index (χ0v) is 29.7. The summed E-state index contributed by atoms with van der Waals surface area (Å²) in [6.45, 7) is 6.29. The van der Waals surface area contributed by atoms with Crippen molar-refractivity contribution in [3.05, 3.63) is 163 Å². The third-order valence-corrected chi connectivity index (χ3v) is 8.87. The van der Waals surface area contributed by atoms with Crippen LogP contribution in [0.3, 0.4) is 0 Å². The van der Waals surface area contributed by atoms with Gasteiger partial charge in [-0.2, -0.15) is 0 Å². The number of nitrogens with zero attached hydrogens (tertiary/aromatic N) is 2. The fourth-order valence-electron chi connectivity index (χ4n) is 6.45. The van der Waals surface area contributed by atoms with E-state index in [1.165, 1.54) is 22.3 Å². The maximum Gasteiger partial charge on any atom is 0.239 e. The molecule has 9 rings (SSSR count). The van der Waals surface area contributed by atoms with Crippen LogP contribution >= 0.6 is 0 Å². The van der Waals surface area contributed by atoms with Crippen LogP contribution in [-0.4, -0.2) is 16.7 Å². The quantitative estimate of drug-likeness (QED) is 0.133. The topological polar surface area (TPSA) is 44.2 Å². The molecule has 7 aromatic rings. The van der Waals surface area contributed by atoms with Crippen LogP contribution < -0.4 is 25.9 Å². The van der Waals surface area contributed by atoms with Crippen LogP contribution in [0, 0.1) is 32.9 Å². The summed E-state index contributed by atoms with van der Waals surface area (Å²) in [5.74, 6) is 3.34. The molecule has 0 aliphatic carbocycles. The zero-order valence-electron chi connectivity index (χ0n) is 27.3. The summed E-state index contributed by atoms with van der Waals surface area (Å²) in [4.78, 5) is 9.10. The molecule has 5 aromatic carbocycles. The Hall–Kier alpha value is -5.29. The zero-order chi connectivity index (χ0) is 32.6. The second-order valence-electron chi connectivity index (χ2n) is 12.2. The first-order valence-electron chi connectivity index (χ1n) is 16.1. The number of fused-ring (bicyclic) bond motifs is 4. The van der Waals surface area contributed by atoms with Crippen molar-refractivity contribution in [2.75, 3.05) is 0 Å². The van der Waals surface area contributed by atoms with Crippen molar-refractivity contribution in [1.29, 1.82) is 0 Å². The first-order chi connectivity index (χ1) is 23.5. The van der Waals surface area contributed by atoms with Gasteiger partial charge in [-0.1, -0.05) is 102 Å². The molecule has 6 heteroatoms. The molecule has 2 aromatic heterocycles. The molecule has 0 atom stereocenters. The monoisotopic (exact) mass is 811 g/mol. The molecule has 0 unspecified atom stereocenters. The van der Waals surface area contributed by atoms with Crippen molar-refractivity contribution < 1.29 is 29.6 Å². The van der Waals surface area contributed by atoms with E-state index in [-0.39, 0.29) is 26.8 Å². The molecule has 239 valence electrons. The van der Waals surface area contributed by atoms with Gasteiger partial charge >= 0.3 is 0 Å². The van der Waals surface area contributed by atoms with Gasteiger partial charge in [-0.25, -0.2) is 0 Å². The first-order valence-corrected chi connectivity index (χ1v) is 16.1. The largest absolute Gasteiger partial charge is 0.503 e. The van der Waals surface area contributed by atoms with Crippen LogP contribution in [0.5, 0.6) is 23.0 Å². The van der Waals surface area contributed by atoms with Crippen molar-refractivity contribution >= 4 is 23.1 Å². The van der Waals surface area contributed by atoms with Gasteiger partial charge in [0.25, 0.3) is 0 Å². The normalized spacial score (nSPS) is 11.7. The first kappa shape index (κ1) is 32.3. The molecule has 2 aliphatic heterocycles. The van der Waals surface area contributed by atoms with Gasteiger partial charge < -0.3 is 19.4 Å². The minimum absolute atomic E-state index is 0. The van der Waals surface area contributed by atoms with Crippen molar-refractivity contribution in [1.82, 2.24) is 9.97 Å². The Bertz CT molecular complexity index is 2280. The smallest absolute Gasteiger partial charge is 0.239 e. The van der Waals surface area contributed by atoms with Crippen LogP contribution in [0.1, 0.15) is 16.7 Å². The number of rotatable bonds is 3. The van der Waals surface area contributed by atoms with Gasteiger partial charge in [-0.3, -0.25) is 0 Å². The molecule has 2 aliphatic rings. The van der Waals surface area contributed by atoms with E-state index >= 15 is 0 Å². The molecule has 0 saturated heterocycles. The number of hydrogen-bond acceptors (Lipinski definition) is 4. The number of aryl methyl sites for hydroxylation is 3. The Morgan fingerprint density at radius 1 is 0.612 bits per heavy atom. The fraction of sp³-hybridized carbons (Fsp3) is 0.0698. The van der Waals surface area contributed by atoms with E-state index in [1.54, 1.807) is 0 Å². The SMILES string of the molecule is Cc1c[c-]c(-c2cc(-c3ccccc3)c(C)cn2)cc1.Cc1ccnc(-c2[c-]cc3c4c2Oc2ccccc2B4c2ccccc2O3)c1.[Ir]. The summed E-state index contributed by atoms with van der Waals surface area (Å²) in [7, 11) is 0. The Kier molecular flexibility index (Phi) is 9.01. The average molecular weight is 811 g/mol. The predicted octanol–water partition coefficient (Wildman–Crippen LogP) is 8.41. The standard InChI is InChI=1S/C24H15BNO2.C19H16N.Ir/c1-15-12-13-26-19(14-15)16-10-11-22-23-24(16)28-21-9-5-3-7-18(21)25(23)17-6-2-4-8-20(17)27-22;1-14-8-10-17(11-9-14)19-12-18(15(2)13-20-19)16-6-4-3-5-7-16;/h2-9,11-14H,1H3;3-10,12-13H,1-2H3;/q2*-1;. The molecule has 49 heavy (non-hydrogen) atoms. The van der Waals surface area contributed by atoms with Crippen LogP contribution in [0.2, 0.25) is 0 Å². The third kappa shape index (κ3) is 6.22. The van der Waals surface area contributed by atoms with E-state index < -0.39 is 0 Å². The number of para-hydroxylation sites is 2. The van der Waals surface area contributed by atoms with E-state index in [0.29, 0.717) is 0 Å². The minimum atomic E-state index is 0. The van der Waals surface area contributed by atoms with Crippen LogP contribution in [0.15, 0.2) is 134 Å². The van der Waals surface area contributed by atoms with Crippen LogP contribution in [0.25, 0.3) is 33.6 Å². The van der Waals surface area contributed by atoms with Gasteiger partial charge in [-0.05, 0) is 71.1 Å². The molecule has 0 saturated carbocycles. The summed E-state index contributed by atoms with van der Waals surface area (Å²) in [6, 6.07) is 47.8. The molecular weight excluding hydrogens is 780 g/mol. The maximum absolute atomic E-state index is 6.41. The maximum atomic E-state index is 6.41. The second-order valence-corrected chi connectivity index (χ2v) is 12.2. The second kappa shape index (κ2) is 13.7. The predicted molar refractivity (Wildman–Crippen MR) is 194 cm³/mol. The molecule has 0 amide bonds. The van der Waals surface area contributed by atoms with Crippen molar-refractivity contribution in [2.24, 2.45) is 0 Å². The van der Waals surface area contributed by atoms with Gasteiger partial charge in [0.05, 0.1) is 0 Å². The average Bonchev–Trinajstić information content (AvgIpc) is 3.13. The van der Waals surface area contributed by atoms with Crippen LogP contribution in [0.4, 0.5) is 0 Å². The van der Waals surface area contributed by atoms with Crippen molar-refractivity contribution in [2.45, 2.75) is 20.8 Å². The molecule has 0 fully saturated rings. The molecule has 4 nitrogen and oxygen atoms in total. The summed E-state index contributed by atoms with van der Waals surface area (Å²) < 4.78 is 12.6. The van der Waals surface area contributed by atoms with E-state index in [4.69, 9.17) is 9.47 Å². The fourth-order valence-corrected chi connectivity index (χ4v) is 6.45. The van der Waals surface area contributed by atoms with Crippen molar-refractivity contribution in [3.63, 3.8) is 0 Å². The van der Waals surface area contributed by atoms with E-state index in [2.05, 4.69) is 116 Å². The van der Waals surface area contributed by atoms with E-state index in [0.717, 1.165) is 67.5 Å². The minimum Gasteiger partial charge on any atom is -0.503 e. The summed E-state index contributed by atoms with van der Waals surface area (Å²) in [6.07, 6.45) is 3.76. The number of ether oxygens (including phenoxy) is 2. The molecule has 1 radical (unpaired) electrons. The summed E-state index contributed by atoms with van der Waals surface area (Å²) in [5, 5.41) is 0. The molecule has 0 bridgehead atoms. The Morgan fingerprint density at radius 3 is 2.04 bits per heavy atom. The molecule has 0 N–H and O–H groups in total. The van der Waals surface area contributed by atoms with Gasteiger partial charge in [0, 0.05) is 44.0 Å². The van der Waals surface area contributed by atoms with Gasteiger partial charge in [0.1, 0.15) is 11.5 Å².